The van der Waals surface area contributed by atoms with Gasteiger partial charge in [0.25, 0.3) is 0 Å². The second-order valence-corrected chi connectivity index (χ2v) is 6.75. The molecule has 1 aromatic rings. The lowest BCUT2D eigenvalue weighted by Gasteiger charge is -2.20. The van der Waals surface area contributed by atoms with Crippen molar-refractivity contribution >= 4 is 11.8 Å². The number of nitrogens with one attached hydrogen (secondary N) is 1. The first-order chi connectivity index (χ1) is 9.58. The predicted octanol–water partition coefficient (Wildman–Crippen LogP) is 3.84. The van der Waals surface area contributed by atoms with Crippen LogP contribution in [0, 0.1) is 5.92 Å². The molecule has 0 fully saturated rings. The third-order valence-corrected chi connectivity index (χ3v) is 4.61. The predicted molar refractivity (Wildman–Crippen MR) is 86.1 cm³/mol. The van der Waals surface area contributed by atoms with Crippen LogP contribution in [0.1, 0.15) is 65.1 Å². The summed E-state index contributed by atoms with van der Waals surface area (Å²) in [6.45, 7) is 12.0. The lowest BCUT2D eigenvalue weighted by Crippen LogP contribution is -2.32. The maximum atomic E-state index is 5.46. The van der Waals surface area contributed by atoms with Gasteiger partial charge in [-0.1, -0.05) is 32.9 Å². The van der Waals surface area contributed by atoms with Gasteiger partial charge in [0, 0.05) is 6.04 Å². The van der Waals surface area contributed by atoms with Crippen LogP contribution >= 0.6 is 11.8 Å². The van der Waals surface area contributed by atoms with E-state index in [-0.39, 0.29) is 0 Å². The molecule has 0 aromatic carbocycles. The standard InChI is InChI=1S/C15H29N3OS/c1-6-8-16-12(5)13(7-2)15-17-14(18-19-15)10-20-9-11(3)4/h11-13,16H,6-10H2,1-5H3. The Balaban J connectivity index is 2.54. The molecule has 2 atom stereocenters. The van der Waals surface area contributed by atoms with Gasteiger partial charge < -0.3 is 9.84 Å². The van der Waals surface area contributed by atoms with Crippen molar-refractivity contribution in [2.45, 2.75) is 65.2 Å². The average Bonchev–Trinajstić information content (AvgIpc) is 2.85. The third kappa shape index (κ3) is 5.83. The van der Waals surface area contributed by atoms with E-state index in [1.807, 2.05) is 11.8 Å². The highest BCUT2D eigenvalue weighted by Crippen LogP contribution is 2.23. The Morgan fingerprint density at radius 1 is 1.25 bits per heavy atom. The lowest BCUT2D eigenvalue weighted by molar-refractivity contribution is 0.314. The van der Waals surface area contributed by atoms with Crippen molar-refractivity contribution < 1.29 is 4.52 Å². The van der Waals surface area contributed by atoms with Crippen molar-refractivity contribution in [3.05, 3.63) is 11.7 Å². The summed E-state index contributed by atoms with van der Waals surface area (Å²) in [4.78, 5) is 4.57. The minimum absolute atomic E-state index is 0.304. The first-order valence-corrected chi connectivity index (χ1v) is 8.87. The van der Waals surface area contributed by atoms with Crippen molar-refractivity contribution in [3.8, 4) is 0 Å². The number of nitrogens with zero attached hydrogens (tertiary/aromatic N) is 2. The monoisotopic (exact) mass is 299 g/mol. The second kappa shape index (κ2) is 9.40. The van der Waals surface area contributed by atoms with Crippen LogP contribution < -0.4 is 5.32 Å². The fraction of sp³-hybridized carbons (Fsp3) is 0.867. The van der Waals surface area contributed by atoms with Crippen molar-refractivity contribution in [1.29, 1.82) is 0 Å². The number of rotatable bonds is 10. The van der Waals surface area contributed by atoms with Crippen molar-refractivity contribution in [2.75, 3.05) is 12.3 Å². The molecule has 116 valence electrons. The molecule has 1 aromatic heterocycles. The molecule has 0 saturated carbocycles. The molecule has 5 heteroatoms. The van der Waals surface area contributed by atoms with Gasteiger partial charge in [-0.15, -0.1) is 0 Å². The van der Waals surface area contributed by atoms with E-state index in [1.54, 1.807) is 0 Å². The molecule has 1 N–H and O–H groups in total. The van der Waals surface area contributed by atoms with E-state index in [4.69, 9.17) is 4.52 Å². The van der Waals surface area contributed by atoms with Gasteiger partial charge in [0.05, 0.1) is 11.7 Å². The van der Waals surface area contributed by atoms with Crippen molar-refractivity contribution in [1.82, 2.24) is 15.5 Å². The van der Waals surface area contributed by atoms with E-state index in [0.29, 0.717) is 17.9 Å². The van der Waals surface area contributed by atoms with Crippen LogP contribution in [0.3, 0.4) is 0 Å². The minimum atomic E-state index is 0.304. The molecular weight excluding hydrogens is 270 g/mol. The molecule has 0 saturated heterocycles. The summed E-state index contributed by atoms with van der Waals surface area (Å²) in [5, 5.41) is 7.63. The van der Waals surface area contributed by atoms with E-state index < -0.39 is 0 Å². The lowest BCUT2D eigenvalue weighted by atomic mass is 9.98. The smallest absolute Gasteiger partial charge is 0.231 e. The number of thioether (sulfide) groups is 1. The Morgan fingerprint density at radius 3 is 2.60 bits per heavy atom. The molecule has 0 radical (unpaired) electrons. The van der Waals surface area contributed by atoms with E-state index >= 15 is 0 Å². The SMILES string of the molecule is CCCNC(C)C(CC)c1nc(CSCC(C)C)no1. The van der Waals surface area contributed by atoms with E-state index in [2.05, 4.69) is 50.1 Å². The topological polar surface area (TPSA) is 51.0 Å². The van der Waals surface area contributed by atoms with Crippen LogP contribution in [-0.2, 0) is 5.75 Å². The molecule has 0 amide bonds. The van der Waals surface area contributed by atoms with Crippen LogP contribution in [-0.4, -0.2) is 28.5 Å². The third-order valence-electron chi connectivity index (χ3n) is 3.24. The Hall–Kier alpha value is -0.550. The molecule has 1 rings (SSSR count). The van der Waals surface area contributed by atoms with E-state index in [9.17, 15) is 0 Å². The largest absolute Gasteiger partial charge is 0.339 e. The molecular formula is C15H29N3OS. The molecule has 0 aliphatic carbocycles. The zero-order valence-corrected chi connectivity index (χ0v) is 14.3. The Labute approximate surface area is 127 Å². The molecule has 0 bridgehead atoms. The number of hydrogen-bond donors (Lipinski definition) is 1. The summed E-state index contributed by atoms with van der Waals surface area (Å²) in [6, 6.07) is 0.372. The summed E-state index contributed by atoms with van der Waals surface area (Å²) < 4.78 is 5.46. The molecule has 0 spiro atoms. The Kier molecular flexibility index (Phi) is 8.22. The molecule has 0 aliphatic heterocycles. The van der Waals surface area contributed by atoms with E-state index in [1.165, 1.54) is 0 Å². The highest BCUT2D eigenvalue weighted by molar-refractivity contribution is 7.98. The molecule has 4 nitrogen and oxygen atoms in total. The normalized spacial score (nSPS) is 14.7. The van der Waals surface area contributed by atoms with Gasteiger partial charge in [0.1, 0.15) is 0 Å². The first-order valence-electron chi connectivity index (χ1n) is 7.72. The zero-order chi connectivity index (χ0) is 15.0. The van der Waals surface area contributed by atoms with Crippen LogP contribution in [0.15, 0.2) is 4.52 Å². The van der Waals surface area contributed by atoms with Gasteiger partial charge in [-0.2, -0.15) is 16.7 Å². The summed E-state index contributed by atoms with van der Waals surface area (Å²) in [5.74, 6) is 4.59. The fourth-order valence-electron chi connectivity index (χ4n) is 2.12. The van der Waals surface area contributed by atoms with Crippen LogP contribution in [0.5, 0.6) is 0 Å². The quantitative estimate of drug-likeness (QED) is 0.711. The Bertz CT molecular complexity index is 368. The second-order valence-electron chi connectivity index (χ2n) is 5.72. The van der Waals surface area contributed by atoms with Gasteiger partial charge in [-0.3, -0.25) is 0 Å². The summed E-state index contributed by atoms with van der Waals surface area (Å²) in [7, 11) is 0. The number of aromatic nitrogens is 2. The molecule has 0 aliphatic rings. The van der Waals surface area contributed by atoms with Crippen LogP contribution in [0.2, 0.25) is 0 Å². The number of hydrogen-bond acceptors (Lipinski definition) is 5. The maximum Gasteiger partial charge on any atom is 0.231 e. The summed E-state index contributed by atoms with van der Waals surface area (Å²) in [5.41, 5.74) is 0. The average molecular weight is 299 g/mol. The highest BCUT2D eigenvalue weighted by atomic mass is 32.2. The zero-order valence-electron chi connectivity index (χ0n) is 13.5. The van der Waals surface area contributed by atoms with Gasteiger partial charge >= 0.3 is 0 Å². The highest BCUT2D eigenvalue weighted by Gasteiger charge is 2.23. The van der Waals surface area contributed by atoms with Crippen LogP contribution in [0.4, 0.5) is 0 Å². The molecule has 2 unspecified atom stereocenters. The molecule has 20 heavy (non-hydrogen) atoms. The summed E-state index contributed by atoms with van der Waals surface area (Å²) in [6.07, 6.45) is 2.15. The molecule has 1 heterocycles. The minimum Gasteiger partial charge on any atom is -0.339 e. The summed E-state index contributed by atoms with van der Waals surface area (Å²) >= 11 is 1.87. The van der Waals surface area contributed by atoms with Crippen LogP contribution in [0.25, 0.3) is 0 Å². The fourth-order valence-corrected chi connectivity index (χ4v) is 3.01. The Morgan fingerprint density at radius 2 is 2.00 bits per heavy atom. The van der Waals surface area contributed by atoms with Gasteiger partial charge in [0.15, 0.2) is 5.82 Å². The van der Waals surface area contributed by atoms with Gasteiger partial charge in [0.2, 0.25) is 5.89 Å². The van der Waals surface area contributed by atoms with Gasteiger partial charge in [-0.05, 0) is 38.0 Å². The van der Waals surface area contributed by atoms with E-state index in [0.717, 1.165) is 42.6 Å². The van der Waals surface area contributed by atoms with Gasteiger partial charge in [-0.25, -0.2) is 0 Å². The van der Waals surface area contributed by atoms with Crippen molar-refractivity contribution in [3.63, 3.8) is 0 Å². The van der Waals surface area contributed by atoms with Crippen molar-refractivity contribution in [2.24, 2.45) is 5.92 Å². The maximum absolute atomic E-state index is 5.46. The first kappa shape index (κ1) is 17.5.